The van der Waals surface area contributed by atoms with Gasteiger partial charge in [0.2, 0.25) is 0 Å². The van der Waals surface area contributed by atoms with Crippen molar-refractivity contribution in [3.8, 4) is 0 Å². The van der Waals surface area contributed by atoms with Crippen molar-refractivity contribution in [1.29, 1.82) is 0 Å². The predicted octanol–water partition coefficient (Wildman–Crippen LogP) is 5.36. The van der Waals surface area contributed by atoms with E-state index in [0.717, 1.165) is 0 Å². The maximum Gasteiger partial charge on any atom is 0.339 e. The third-order valence-corrected chi connectivity index (χ3v) is 4.07. The number of rotatable bonds is 3. The number of amides is 1. The molecule has 0 radical (unpaired) electrons. The van der Waals surface area contributed by atoms with Crippen LogP contribution in [0, 0.1) is 0 Å². The first-order valence-corrected chi connectivity index (χ1v) is 8.78. The van der Waals surface area contributed by atoms with Crippen molar-refractivity contribution in [3.63, 3.8) is 0 Å². The highest BCUT2D eigenvalue weighted by Crippen LogP contribution is 2.23. The summed E-state index contributed by atoms with van der Waals surface area (Å²) < 4.78 is 6.00. The van der Waals surface area contributed by atoms with Crippen molar-refractivity contribution in [2.45, 2.75) is 26.4 Å². The van der Waals surface area contributed by atoms with Gasteiger partial charge in [0.25, 0.3) is 5.91 Å². The highest BCUT2D eigenvalue weighted by molar-refractivity contribution is 9.10. The van der Waals surface area contributed by atoms with Crippen molar-refractivity contribution in [2.75, 3.05) is 5.32 Å². The van der Waals surface area contributed by atoms with Gasteiger partial charge >= 0.3 is 5.97 Å². The Morgan fingerprint density at radius 3 is 2.40 bits per heavy atom. The molecule has 0 aliphatic rings. The predicted molar refractivity (Wildman–Crippen MR) is 102 cm³/mol. The molecule has 0 aliphatic heterocycles. The van der Waals surface area contributed by atoms with E-state index >= 15 is 0 Å². The molecular formula is C17H15BrCl2N2O3. The summed E-state index contributed by atoms with van der Waals surface area (Å²) in [7, 11) is 0. The van der Waals surface area contributed by atoms with Gasteiger partial charge in [-0.1, -0.05) is 39.1 Å². The van der Waals surface area contributed by atoms with Crippen LogP contribution in [0.1, 0.15) is 41.5 Å². The topological polar surface area (TPSA) is 68.3 Å². The van der Waals surface area contributed by atoms with Crippen molar-refractivity contribution < 1.29 is 14.3 Å². The first-order chi connectivity index (χ1) is 11.6. The summed E-state index contributed by atoms with van der Waals surface area (Å²) in [6, 6.07) is 7.74. The molecule has 2 aromatic rings. The lowest BCUT2D eigenvalue weighted by Crippen LogP contribution is -2.26. The van der Waals surface area contributed by atoms with Gasteiger partial charge in [-0.05, 0) is 51.1 Å². The van der Waals surface area contributed by atoms with Gasteiger partial charge in [0.05, 0.1) is 16.1 Å². The Balaban J connectivity index is 2.33. The second kappa shape index (κ2) is 7.72. The molecule has 0 fully saturated rings. The molecule has 132 valence electrons. The highest BCUT2D eigenvalue weighted by Gasteiger charge is 2.23. The number of nitrogens with one attached hydrogen (secondary N) is 1. The number of halogens is 3. The molecule has 0 atom stereocenters. The molecule has 1 aromatic heterocycles. The first kappa shape index (κ1) is 19.7. The third-order valence-electron chi connectivity index (χ3n) is 2.89. The fourth-order valence-corrected chi connectivity index (χ4v) is 2.51. The van der Waals surface area contributed by atoms with Crippen LogP contribution in [0.2, 0.25) is 10.2 Å². The lowest BCUT2D eigenvalue weighted by atomic mass is 10.1. The molecule has 0 unspecified atom stereocenters. The zero-order chi connectivity index (χ0) is 18.8. The minimum Gasteiger partial charge on any atom is -0.456 e. The van der Waals surface area contributed by atoms with Crippen LogP contribution in [-0.2, 0) is 4.74 Å². The second-order valence-electron chi connectivity index (χ2n) is 6.12. The van der Waals surface area contributed by atoms with Crippen LogP contribution in [0.15, 0.2) is 34.8 Å². The molecule has 0 spiro atoms. The van der Waals surface area contributed by atoms with E-state index in [1.807, 2.05) is 0 Å². The minimum absolute atomic E-state index is 0.0704. The summed E-state index contributed by atoms with van der Waals surface area (Å²) in [6.07, 6.45) is 0. The normalized spacial score (nSPS) is 11.1. The molecule has 8 heteroatoms. The number of ether oxygens (including phenoxy) is 1. The number of benzene rings is 1. The average molecular weight is 446 g/mol. The zero-order valence-corrected chi connectivity index (χ0v) is 16.8. The van der Waals surface area contributed by atoms with E-state index < -0.39 is 17.5 Å². The molecule has 1 aromatic carbocycles. The van der Waals surface area contributed by atoms with Gasteiger partial charge in [0, 0.05) is 4.47 Å². The van der Waals surface area contributed by atoms with Crippen LogP contribution in [0.25, 0.3) is 0 Å². The van der Waals surface area contributed by atoms with Gasteiger partial charge in [-0.25, -0.2) is 9.78 Å². The molecule has 2 rings (SSSR count). The summed E-state index contributed by atoms with van der Waals surface area (Å²) in [6.45, 7) is 5.26. The van der Waals surface area contributed by atoms with Gasteiger partial charge in [-0.2, -0.15) is 0 Å². The van der Waals surface area contributed by atoms with Gasteiger partial charge in [0.1, 0.15) is 16.6 Å². The molecule has 1 amide bonds. The summed E-state index contributed by atoms with van der Waals surface area (Å²) in [5.41, 5.74) is -0.379. The van der Waals surface area contributed by atoms with Crippen LogP contribution < -0.4 is 5.32 Å². The average Bonchev–Trinajstić information content (AvgIpc) is 2.49. The number of pyridine rings is 1. The van der Waals surface area contributed by atoms with Crippen molar-refractivity contribution in [2.24, 2.45) is 0 Å². The fraction of sp³-hybridized carbons (Fsp3) is 0.235. The molecule has 1 N–H and O–H groups in total. The van der Waals surface area contributed by atoms with E-state index in [-0.39, 0.29) is 27.1 Å². The molecule has 0 aliphatic carbocycles. The lowest BCUT2D eigenvalue weighted by molar-refractivity contribution is 0.00678. The largest absolute Gasteiger partial charge is 0.456 e. The SMILES string of the molecule is CC(C)(C)OC(=O)c1ccc(Br)cc1C(=O)Nc1ccc(Cl)c(Cl)n1. The van der Waals surface area contributed by atoms with E-state index in [2.05, 4.69) is 26.2 Å². The number of carbonyl (C=O) groups excluding carboxylic acids is 2. The quantitative estimate of drug-likeness (QED) is 0.510. The van der Waals surface area contributed by atoms with Crippen LogP contribution in [0.3, 0.4) is 0 Å². The Hall–Kier alpha value is -1.63. The summed E-state index contributed by atoms with van der Waals surface area (Å²) >= 11 is 15.0. The Morgan fingerprint density at radius 2 is 1.80 bits per heavy atom. The van der Waals surface area contributed by atoms with E-state index in [1.54, 1.807) is 26.8 Å². The molecular weight excluding hydrogens is 431 g/mol. The van der Waals surface area contributed by atoms with Gasteiger partial charge in [0.15, 0.2) is 0 Å². The minimum atomic E-state index is -0.677. The summed E-state index contributed by atoms with van der Waals surface area (Å²) in [5.74, 6) is -0.894. The van der Waals surface area contributed by atoms with Crippen molar-refractivity contribution in [1.82, 2.24) is 4.98 Å². The van der Waals surface area contributed by atoms with Crippen molar-refractivity contribution in [3.05, 3.63) is 56.1 Å². The number of carbonyl (C=O) groups is 2. The van der Waals surface area contributed by atoms with E-state index in [4.69, 9.17) is 27.9 Å². The summed E-state index contributed by atoms with van der Waals surface area (Å²) in [5, 5.41) is 2.93. The van der Waals surface area contributed by atoms with E-state index in [1.165, 1.54) is 24.3 Å². The Morgan fingerprint density at radius 1 is 1.12 bits per heavy atom. The number of esters is 1. The molecule has 25 heavy (non-hydrogen) atoms. The standard InChI is InChI=1S/C17H15BrCl2N2O3/c1-17(2,3)25-16(24)10-5-4-9(18)8-11(10)15(23)22-13-7-6-12(19)14(20)21-13/h4-8H,1-3H3,(H,21,22,23). The van der Waals surface area contributed by atoms with Gasteiger partial charge in [-0.15, -0.1) is 0 Å². The Kier molecular flexibility index (Phi) is 6.08. The monoisotopic (exact) mass is 444 g/mol. The van der Waals surface area contributed by atoms with Gasteiger partial charge in [-0.3, -0.25) is 4.79 Å². The molecule has 0 saturated heterocycles. The molecule has 5 nitrogen and oxygen atoms in total. The molecule has 0 bridgehead atoms. The third kappa shape index (κ3) is 5.42. The van der Waals surface area contributed by atoms with Crippen LogP contribution in [0.5, 0.6) is 0 Å². The number of anilines is 1. The first-order valence-electron chi connectivity index (χ1n) is 7.23. The highest BCUT2D eigenvalue weighted by atomic mass is 79.9. The van der Waals surface area contributed by atoms with E-state index in [9.17, 15) is 9.59 Å². The number of aromatic nitrogens is 1. The molecule has 1 heterocycles. The number of hydrogen-bond acceptors (Lipinski definition) is 4. The molecule has 0 saturated carbocycles. The maximum atomic E-state index is 12.6. The fourth-order valence-electron chi connectivity index (χ4n) is 1.89. The van der Waals surface area contributed by atoms with Crippen LogP contribution in [0.4, 0.5) is 5.82 Å². The van der Waals surface area contributed by atoms with Crippen LogP contribution >= 0.6 is 39.1 Å². The maximum absolute atomic E-state index is 12.6. The number of hydrogen-bond donors (Lipinski definition) is 1. The number of nitrogens with zero attached hydrogens (tertiary/aromatic N) is 1. The van der Waals surface area contributed by atoms with E-state index in [0.29, 0.717) is 4.47 Å². The Labute approximate surface area is 163 Å². The summed E-state index contributed by atoms with van der Waals surface area (Å²) in [4.78, 5) is 28.9. The second-order valence-corrected chi connectivity index (χ2v) is 7.80. The zero-order valence-electron chi connectivity index (χ0n) is 13.7. The Bertz CT molecular complexity index is 835. The van der Waals surface area contributed by atoms with Crippen molar-refractivity contribution >= 4 is 56.8 Å². The van der Waals surface area contributed by atoms with Crippen LogP contribution in [-0.4, -0.2) is 22.5 Å². The van der Waals surface area contributed by atoms with Gasteiger partial charge < -0.3 is 10.1 Å². The lowest BCUT2D eigenvalue weighted by Gasteiger charge is -2.20. The smallest absolute Gasteiger partial charge is 0.339 e.